The summed E-state index contributed by atoms with van der Waals surface area (Å²) in [5.41, 5.74) is 0. The first kappa shape index (κ1) is 53.5. The number of esters is 1. The molecule has 0 bridgehead atoms. The zero-order valence-electron chi connectivity index (χ0n) is 33.7. The third-order valence-electron chi connectivity index (χ3n) is 9.99. The van der Waals surface area contributed by atoms with Crippen LogP contribution in [0.5, 0.6) is 0 Å². The third-order valence-corrected chi connectivity index (χ3v) is 9.99. The second-order valence-electron chi connectivity index (χ2n) is 14.8. The number of rotatable bonds is 35. The molecule has 4 atom stereocenters. The molecule has 1 aliphatic heterocycles. The maximum atomic E-state index is 12.0. The Morgan fingerprint density at radius 3 is 1.18 bits per heavy atom. The SMILES string of the molecule is CCCCCCCCCCCCCCCCCC(=O)O[C@H](CO)[C@H]1OC[C@H](O)[C@H]1O.CCCCCCCCCCCCCCCCCC(=O)[O-].[K+]. The van der Waals surface area contributed by atoms with Gasteiger partial charge in [0.15, 0.2) is 6.10 Å². The molecule has 0 spiro atoms. The van der Waals surface area contributed by atoms with E-state index in [-0.39, 0.29) is 70.4 Å². The fraction of sp³-hybridized carbons (Fsp3) is 0.952. The van der Waals surface area contributed by atoms with Crippen LogP contribution in [0.2, 0.25) is 0 Å². The molecule has 0 aliphatic carbocycles. The van der Waals surface area contributed by atoms with Gasteiger partial charge >= 0.3 is 57.4 Å². The van der Waals surface area contributed by atoms with Crippen LogP contribution < -0.4 is 56.5 Å². The maximum absolute atomic E-state index is 12.0. The van der Waals surface area contributed by atoms with Gasteiger partial charge in [-0.25, -0.2) is 0 Å². The van der Waals surface area contributed by atoms with Gasteiger partial charge in [-0.1, -0.05) is 194 Å². The van der Waals surface area contributed by atoms with Crippen LogP contribution >= 0.6 is 0 Å². The predicted molar refractivity (Wildman–Crippen MR) is 203 cm³/mol. The Kier molecular flexibility index (Phi) is 43.6. The van der Waals surface area contributed by atoms with Gasteiger partial charge in [0.2, 0.25) is 0 Å². The Bertz CT molecular complexity index is 740. The number of carbonyl (C=O) groups excluding carboxylic acids is 2. The molecule has 1 saturated heterocycles. The van der Waals surface area contributed by atoms with E-state index in [0.717, 1.165) is 32.1 Å². The van der Waals surface area contributed by atoms with Crippen LogP contribution in [0, 0.1) is 0 Å². The Morgan fingerprint density at radius 1 is 0.588 bits per heavy atom. The van der Waals surface area contributed by atoms with E-state index in [1.165, 1.54) is 161 Å². The fourth-order valence-electron chi connectivity index (χ4n) is 6.67. The van der Waals surface area contributed by atoms with Crippen molar-refractivity contribution >= 4 is 11.9 Å². The number of aliphatic carboxylic acids is 1. The summed E-state index contributed by atoms with van der Waals surface area (Å²) < 4.78 is 10.5. The first-order chi connectivity index (χ1) is 24.4. The van der Waals surface area contributed by atoms with Gasteiger partial charge in [0, 0.05) is 12.4 Å². The summed E-state index contributed by atoms with van der Waals surface area (Å²) in [7, 11) is 0. The second-order valence-corrected chi connectivity index (χ2v) is 14.8. The molecule has 298 valence electrons. The minimum atomic E-state index is -1.14. The molecule has 0 aromatic heterocycles. The third kappa shape index (κ3) is 35.8. The number of carboxylic acids is 1. The zero-order chi connectivity index (χ0) is 36.9. The van der Waals surface area contributed by atoms with Gasteiger partial charge in [-0.15, -0.1) is 0 Å². The molecular weight excluding hydrogens is 672 g/mol. The molecule has 1 aliphatic rings. The summed E-state index contributed by atoms with van der Waals surface area (Å²) >= 11 is 0. The average Bonchev–Trinajstić information content (AvgIpc) is 3.44. The zero-order valence-corrected chi connectivity index (χ0v) is 36.9. The van der Waals surface area contributed by atoms with E-state index < -0.39 is 37.0 Å². The van der Waals surface area contributed by atoms with Gasteiger partial charge in [0.05, 0.1) is 13.2 Å². The number of hydrogen-bond donors (Lipinski definition) is 3. The van der Waals surface area contributed by atoms with E-state index in [0.29, 0.717) is 6.42 Å². The van der Waals surface area contributed by atoms with Gasteiger partial charge in [-0.3, -0.25) is 4.79 Å². The number of aliphatic hydroxyl groups excluding tert-OH is 3. The molecule has 0 aromatic rings. The minimum Gasteiger partial charge on any atom is -0.550 e. The molecule has 0 amide bonds. The molecule has 51 heavy (non-hydrogen) atoms. The van der Waals surface area contributed by atoms with Crippen LogP contribution in [0.3, 0.4) is 0 Å². The van der Waals surface area contributed by atoms with Crippen molar-refractivity contribution in [3.63, 3.8) is 0 Å². The van der Waals surface area contributed by atoms with E-state index in [4.69, 9.17) is 9.47 Å². The summed E-state index contributed by atoms with van der Waals surface area (Å²) in [4.78, 5) is 22.2. The summed E-state index contributed by atoms with van der Waals surface area (Å²) in [6, 6.07) is 0. The average molecular weight is 753 g/mol. The summed E-state index contributed by atoms with van der Waals surface area (Å²) in [5.74, 6) is -1.29. The molecule has 9 heteroatoms. The molecule has 0 aromatic carbocycles. The van der Waals surface area contributed by atoms with Crippen molar-refractivity contribution in [3.8, 4) is 0 Å². The van der Waals surface area contributed by atoms with Crippen molar-refractivity contribution in [2.45, 2.75) is 244 Å². The Balaban J connectivity index is 0. The van der Waals surface area contributed by atoms with Crippen LogP contribution in [0.1, 0.15) is 219 Å². The van der Waals surface area contributed by atoms with Crippen molar-refractivity contribution in [2.24, 2.45) is 0 Å². The molecule has 3 N–H and O–H groups in total. The molecule has 0 unspecified atom stereocenters. The van der Waals surface area contributed by atoms with Crippen molar-refractivity contribution in [2.75, 3.05) is 13.2 Å². The Labute approximate surface area is 356 Å². The second kappa shape index (κ2) is 41.6. The van der Waals surface area contributed by atoms with E-state index in [1.807, 2.05) is 0 Å². The number of carbonyl (C=O) groups is 2. The number of hydrogen-bond acceptors (Lipinski definition) is 8. The summed E-state index contributed by atoms with van der Waals surface area (Å²) in [5, 5.41) is 38.9. The quantitative estimate of drug-likeness (QED) is 0.0392. The standard InChI is InChI=1S/C24H46O6.C18H36O2.K/c1-2-3-4-5-6-7-8-9-10-11-12-13-14-15-16-17-22(27)30-21(18-25)24-23(28)20(26)19-29-24;1-2-3-4-5-6-7-8-9-10-11-12-13-14-15-16-17-18(19)20;/h20-21,23-26,28H,2-19H2,1H3;2-17H2,1H3,(H,19,20);/q;;+1/p-1/t20-,21+,23+,24+;;/m0../s1. The van der Waals surface area contributed by atoms with E-state index in [2.05, 4.69) is 13.8 Å². The van der Waals surface area contributed by atoms with Crippen molar-refractivity contribution in [3.05, 3.63) is 0 Å². The Hall–Kier alpha value is 0.416. The fourth-order valence-corrected chi connectivity index (χ4v) is 6.67. The van der Waals surface area contributed by atoms with Crippen LogP contribution in [-0.2, 0) is 19.1 Å². The monoisotopic (exact) mass is 753 g/mol. The van der Waals surface area contributed by atoms with Crippen LogP contribution in [0.15, 0.2) is 0 Å². The van der Waals surface area contributed by atoms with Gasteiger partial charge < -0.3 is 34.7 Å². The summed E-state index contributed by atoms with van der Waals surface area (Å²) in [6.45, 7) is 4.08. The number of carboxylic acid groups (broad SMARTS) is 1. The van der Waals surface area contributed by atoms with Gasteiger partial charge in [0.1, 0.15) is 18.3 Å². The maximum Gasteiger partial charge on any atom is 1.00 e. The van der Waals surface area contributed by atoms with Crippen molar-refractivity contribution in [1.29, 1.82) is 0 Å². The molecule has 0 saturated carbocycles. The van der Waals surface area contributed by atoms with Crippen LogP contribution in [-0.4, -0.2) is 64.9 Å². The largest absolute Gasteiger partial charge is 1.00 e. The Morgan fingerprint density at radius 2 is 0.902 bits per heavy atom. The van der Waals surface area contributed by atoms with Crippen LogP contribution in [0.4, 0.5) is 0 Å². The van der Waals surface area contributed by atoms with E-state index >= 15 is 0 Å². The van der Waals surface area contributed by atoms with E-state index in [9.17, 15) is 30.0 Å². The van der Waals surface area contributed by atoms with Crippen LogP contribution in [0.25, 0.3) is 0 Å². The molecule has 1 rings (SSSR count). The van der Waals surface area contributed by atoms with Gasteiger partial charge in [0.25, 0.3) is 0 Å². The van der Waals surface area contributed by atoms with Gasteiger partial charge in [-0.05, 0) is 19.3 Å². The molecule has 1 heterocycles. The summed E-state index contributed by atoms with van der Waals surface area (Å²) in [6.07, 6.45) is 35.3. The topological polar surface area (TPSA) is 136 Å². The number of aliphatic hydroxyl groups is 3. The van der Waals surface area contributed by atoms with E-state index in [1.54, 1.807) is 0 Å². The number of unbranched alkanes of at least 4 members (excludes halogenated alkanes) is 28. The molecule has 1 fully saturated rings. The normalized spacial score (nSPS) is 17.4. The first-order valence-corrected chi connectivity index (χ1v) is 21.3. The minimum absolute atomic E-state index is 0. The molecule has 0 radical (unpaired) electrons. The van der Waals surface area contributed by atoms with Crippen molar-refractivity contribution < 1.29 is 90.9 Å². The number of ether oxygens (including phenoxy) is 2. The smallest absolute Gasteiger partial charge is 0.550 e. The van der Waals surface area contributed by atoms with Gasteiger partial charge in [-0.2, -0.15) is 0 Å². The molecule has 8 nitrogen and oxygen atoms in total. The molecular formula is C42H81KO8. The van der Waals surface area contributed by atoms with Crippen molar-refractivity contribution in [1.82, 2.24) is 0 Å². The first-order valence-electron chi connectivity index (χ1n) is 21.3. The predicted octanol–water partition coefficient (Wildman–Crippen LogP) is 6.27.